The third kappa shape index (κ3) is 2.57. The number of halogens is 1. The van der Waals surface area contributed by atoms with Crippen molar-refractivity contribution < 1.29 is 4.79 Å². The Kier molecular flexibility index (Phi) is 3.21. The maximum absolute atomic E-state index is 12.3. The largest absolute Gasteiger partial charge is 0.350 e. The first-order valence-corrected chi connectivity index (χ1v) is 8.40. The lowest BCUT2D eigenvalue weighted by atomic mass is 9.49. The molecule has 0 atom stereocenters. The van der Waals surface area contributed by atoms with E-state index < -0.39 is 0 Å². The molecule has 0 saturated heterocycles. The molecule has 4 saturated carbocycles. The number of rotatable bonds is 3. The zero-order valence-electron chi connectivity index (χ0n) is 12.1. The van der Waals surface area contributed by atoms with Crippen molar-refractivity contribution in [3.8, 4) is 0 Å². The minimum absolute atomic E-state index is 0.0896. The van der Waals surface area contributed by atoms with E-state index in [2.05, 4.69) is 10.3 Å². The number of carbonyl (C=O) groups is 1. The van der Waals surface area contributed by atoms with E-state index in [0.29, 0.717) is 16.3 Å². The topological polar surface area (TPSA) is 42.0 Å². The number of hydrogen-bond donors (Lipinski definition) is 1. The van der Waals surface area contributed by atoms with Crippen molar-refractivity contribution in [2.75, 3.05) is 6.54 Å². The molecule has 4 bridgehead atoms. The molecule has 0 spiro atoms. The zero-order chi connectivity index (χ0) is 14.4. The fourth-order valence-electron chi connectivity index (χ4n) is 5.40. The van der Waals surface area contributed by atoms with E-state index in [-0.39, 0.29) is 5.91 Å². The van der Waals surface area contributed by atoms with Gasteiger partial charge < -0.3 is 5.32 Å². The molecule has 4 heteroatoms. The quantitative estimate of drug-likeness (QED) is 0.866. The molecule has 1 N–H and O–H groups in total. The van der Waals surface area contributed by atoms with E-state index in [1.165, 1.54) is 38.5 Å². The number of aromatic nitrogens is 1. The number of hydrogen-bond acceptors (Lipinski definition) is 2. The van der Waals surface area contributed by atoms with Crippen LogP contribution in [-0.4, -0.2) is 17.4 Å². The van der Waals surface area contributed by atoms with Gasteiger partial charge in [-0.15, -0.1) is 0 Å². The summed E-state index contributed by atoms with van der Waals surface area (Å²) in [6.45, 7) is 0.809. The van der Waals surface area contributed by atoms with Crippen molar-refractivity contribution in [2.24, 2.45) is 23.2 Å². The monoisotopic (exact) mass is 304 g/mol. The Morgan fingerprint density at radius 2 is 1.81 bits per heavy atom. The van der Waals surface area contributed by atoms with Gasteiger partial charge in [0.15, 0.2) is 0 Å². The second-order valence-corrected chi connectivity index (χ2v) is 7.83. The first-order chi connectivity index (χ1) is 10.1. The minimum atomic E-state index is -0.0896. The molecule has 0 radical (unpaired) electrons. The van der Waals surface area contributed by atoms with Gasteiger partial charge in [-0.05, 0) is 73.8 Å². The van der Waals surface area contributed by atoms with E-state index in [0.717, 1.165) is 24.3 Å². The van der Waals surface area contributed by atoms with Crippen LogP contribution in [0.15, 0.2) is 18.2 Å². The summed E-state index contributed by atoms with van der Waals surface area (Å²) in [6, 6.07) is 5.19. The fraction of sp³-hybridized carbons (Fsp3) is 0.647. The van der Waals surface area contributed by atoms with Crippen LogP contribution in [0.5, 0.6) is 0 Å². The summed E-state index contributed by atoms with van der Waals surface area (Å²) in [4.78, 5) is 16.3. The van der Waals surface area contributed by atoms with E-state index in [9.17, 15) is 4.79 Å². The van der Waals surface area contributed by atoms with Crippen LogP contribution in [-0.2, 0) is 0 Å². The molecule has 0 aliphatic heterocycles. The van der Waals surface area contributed by atoms with Crippen molar-refractivity contribution in [1.82, 2.24) is 10.3 Å². The number of carbonyl (C=O) groups excluding carboxylic acids is 1. The van der Waals surface area contributed by atoms with Gasteiger partial charge in [-0.25, -0.2) is 4.98 Å². The predicted octanol–water partition coefficient (Wildman–Crippen LogP) is 3.68. The smallest absolute Gasteiger partial charge is 0.269 e. The molecule has 1 aromatic rings. The summed E-state index contributed by atoms with van der Waals surface area (Å²) in [5.41, 5.74) is 0.787. The lowest BCUT2D eigenvalue weighted by molar-refractivity contribution is -0.0503. The van der Waals surface area contributed by atoms with Crippen LogP contribution in [0.1, 0.15) is 49.0 Å². The third-order valence-electron chi connectivity index (χ3n) is 5.74. The van der Waals surface area contributed by atoms with Crippen molar-refractivity contribution >= 4 is 17.5 Å². The summed E-state index contributed by atoms with van der Waals surface area (Å²) < 4.78 is 0. The van der Waals surface area contributed by atoms with Crippen LogP contribution in [0.25, 0.3) is 0 Å². The molecule has 4 fully saturated rings. The van der Waals surface area contributed by atoms with Crippen LogP contribution in [0.4, 0.5) is 0 Å². The van der Waals surface area contributed by atoms with E-state index in [1.807, 2.05) is 0 Å². The summed E-state index contributed by atoms with van der Waals surface area (Å²) in [5.74, 6) is 2.65. The Morgan fingerprint density at radius 3 is 2.38 bits per heavy atom. The molecule has 1 heterocycles. The molecule has 21 heavy (non-hydrogen) atoms. The number of pyridine rings is 1. The molecular weight excluding hydrogens is 284 g/mol. The lowest BCUT2D eigenvalue weighted by Crippen LogP contribution is -2.51. The molecule has 0 aromatic carbocycles. The van der Waals surface area contributed by atoms with Crippen molar-refractivity contribution in [2.45, 2.75) is 38.5 Å². The van der Waals surface area contributed by atoms with Crippen molar-refractivity contribution in [1.29, 1.82) is 0 Å². The zero-order valence-corrected chi connectivity index (χ0v) is 12.9. The van der Waals surface area contributed by atoms with Crippen LogP contribution in [0, 0.1) is 23.2 Å². The Balaban J connectivity index is 1.44. The van der Waals surface area contributed by atoms with Gasteiger partial charge in [-0.1, -0.05) is 17.7 Å². The average Bonchev–Trinajstić information content (AvgIpc) is 2.43. The summed E-state index contributed by atoms with van der Waals surface area (Å²) in [7, 11) is 0. The molecule has 3 nitrogen and oxygen atoms in total. The SMILES string of the molecule is O=C(NCC12CC3CC(CC(C3)C1)C2)c1cccc(Cl)n1. The van der Waals surface area contributed by atoms with Gasteiger partial charge in [0.25, 0.3) is 5.91 Å². The van der Waals surface area contributed by atoms with Gasteiger partial charge in [0.1, 0.15) is 10.8 Å². The number of amides is 1. The summed E-state index contributed by atoms with van der Waals surface area (Å²) >= 11 is 5.85. The highest BCUT2D eigenvalue weighted by Gasteiger charge is 2.50. The van der Waals surface area contributed by atoms with Crippen LogP contribution in [0.3, 0.4) is 0 Å². The molecule has 1 amide bonds. The van der Waals surface area contributed by atoms with E-state index in [4.69, 9.17) is 11.6 Å². The molecule has 0 unspecified atom stereocenters. The van der Waals surface area contributed by atoms with Gasteiger partial charge in [-0.2, -0.15) is 0 Å². The molecule has 5 rings (SSSR count). The van der Waals surface area contributed by atoms with Crippen LogP contribution >= 0.6 is 11.6 Å². The molecule has 112 valence electrons. The summed E-state index contributed by atoms with van der Waals surface area (Å²) in [6.07, 6.45) is 8.22. The van der Waals surface area contributed by atoms with Crippen LogP contribution in [0.2, 0.25) is 5.15 Å². The van der Waals surface area contributed by atoms with Crippen LogP contribution < -0.4 is 5.32 Å². The lowest BCUT2D eigenvalue weighted by Gasteiger charge is -2.56. The molecule has 4 aliphatic rings. The Hall–Kier alpha value is -1.09. The van der Waals surface area contributed by atoms with Gasteiger partial charge in [0.05, 0.1) is 0 Å². The fourth-order valence-corrected chi connectivity index (χ4v) is 5.56. The van der Waals surface area contributed by atoms with E-state index >= 15 is 0 Å². The first kappa shape index (κ1) is 13.6. The van der Waals surface area contributed by atoms with Crippen molar-refractivity contribution in [3.05, 3.63) is 29.0 Å². The first-order valence-electron chi connectivity index (χ1n) is 8.03. The highest BCUT2D eigenvalue weighted by molar-refractivity contribution is 6.29. The second-order valence-electron chi connectivity index (χ2n) is 7.45. The summed E-state index contributed by atoms with van der Waals surface area (Å²) in [5, 5.41) is 3.50. The van der Waals surface area contributed by atoms with Gasteiger partial charge in [0.2, 0.25) is 0 Å². The average molecular weight is 305 g/mol. The number of nitrogens with zero attached hydrogens (tertiary/aromatic N) is 1. The number of nitrogens with one attached hydrogen (secondary N) is 1. The Morgan fingerprint density at radius 1 is 1.19 bits per heavy atom. The highest BCUT2D eigenvalue weighted by Crippen LogP contribution is 2.59. The third-order valence-corrected chi connectivity index (χ3v) is 5.95. The Bertz CT molecular complexity index is 536. The second kappa shape index (κ2) is 4.98. The van der Waals surface area contributed by atoms with Gasteiger partial charge >= 0.3 is 0 Å². The van der Waals surface area contributed by atoms with Crippen molar-refractivity contribution in [3.63, 3.8) is 0 Å². The normalized spacial score (nSPS) is 36.7. The van der Waals surface area contributed by atoms with Gasteiger partial charge in [-0.3, -0.25) is 4.79 Å². The predicted molar refractivity (Wildman–Crippen MR) is 82.2 cm³/mol. The highest BCUT2D eigenvalue weighted by atomic mass is 35.5. The maximum Gasteiger partial charge on any atom is 0.269 e. The standard InChI is InChI=1S/C17H21ClN2O/c18-15-3-1-2-14(20-15)16(21)19-10-17-7-11-4-12(8-17)6-13(5-11)9-17/h1-3,11-13H,4-10H2,(H,19,21). The molecular formula is C17H21ClN2O. The van der Waals surface area contributed by atoms with Gasteiger partial charge in [0, 0.05) is 6.54 Å². The Labute approximate surface area is 130 Å². The minimum Gasteiger partial charge on any atom is -0.350 e. The molecule has 1 aromatic heterocycles. The maximum atomic E-state index is 12.3. The van der Waals surface area contributed by atoms with E-state index in [1.54, 1.807) is 18.2 Å². The molecule has 4 aliphatic carbocycles.